The van der Waals surface area contributed by atoms with Gasteiger partial charge >= 0.3 is 5.97 Å². The molecule has 1 aromatic rings. The number of nitrogens with one attached hydrogen (secondary N) is 1. The zero-order valence-electron chi connectivity index (χ0n) is 9.13. The summed E-state index contributed by atoms with van der Waals surface area (Å²) in [4.78, 5) is 11.3. The Bertz CT molecular complexity index is 400. The van der Waals surface area contributed by atoms with Crippen molar-refractivity contribution in [1.29, 1.82) is 0 Å². The maximum atomic E-state index is 14.0. The molecule has 1 N–H and O–H groups in total. The van der Waals surface area contributed by atoms with E-state index in [1.54, 1.807) is 12.1 Å². The third-order valence-corrected chi connectivity index (χ3v) is 2.93. The highest BCUT2D eigenvalue weighted by molar-refractivity contribution is 5.89. The summed E-state index contributed by atoms with van der Waals surface area (Å²) >= 11 is 0. The van der Waals surface area contributed by atoms with Crippen LogP contribution in [0, 0.1) is 5.82 Å². The molecular formula is C12H14FNO2. The number of rotatable bonds is 2. The van der Waals surface area contributed by atoms with E-state index in [4.69, 9.17) is 0 Å². The van der Waals surface area contributed by atoms with Crippen molar-refractivity contribution >= 4 is 5.97 Å². The van der Waals surface area contributed by atoms with Crippen LogP contribution in [0.25, 0.3) is 0 Å². The van der Waals surface area contributed by atoms with Crippen molar-refractivity contribution in [1.82, 2.24) is 5.32 Å². The van der Waals surface area contributed by atoms with Gasteiger partial charge in [-0.05, 0) is 24.6 Å². The Balaban J connectivity index is 2.35. The number of hydrogen-bond acceptors (Lipinski definition) is 3. The Morgan fingerprint density at radius 1 is 1.56 bits per heavy atom. The molecule has 1 saturated heterocycles. The maximum Gasteiger partial charge on any atom is 0.340 e. The average molecular weight is 223 g/mol. The van der Waals surface area contributed by atoms with Gasteiger partial charge in [0, 0.05) is 12.5 Å². The minimum Gasteiger partial charge on any atom is -0.465 e. The fourth-order valence-electron chi connectivity index (χ4n) is 2.05. The van der Waals surface area contributed by atoms with E-state index < -0.39 is 11.8 Å². The Labute approximate surface area is 93.6 Å². The zero-order valence-corrected chi connectivity index (χ0v) is 9.13. The van der Waals surface area contributed by atoms with Crippen LogP contribution in [0.5, 0.6) is 0 Å². The number of hydrogen-bond donors (Lipinski definition) is 1. The summed E-state index contributed by atoms with van der Waals surface area (Å²) in [6, 6.07) is 4.88. The van der Waals surface area contributed by atoms with E-state index >= 15 is 0 Å². The molecular weight excluding hydrogens is 209 g/mol. The molecule has 0 amide bonds. The van der Waals surface area contributed by atoms with Crippen LogP contribution in [0.2, 0.25) is 0 Å². The van der Waals surface area contributed by atoms with Crippen molar-refractivity contribution in [2.75, 3.05) is 20.2 Å². The van der Waals surface area contributed by atoms with Gasteiger partial charge in [-0.25, -0.2) is 9.18 Å². The van der Waals surface area contributed by atoms with Crippen LogP contribution in [0.15, 0.2) is 18.2 Å². The van der Waals surface area contributed by atoms with Crippen molar-refractivity contribution < 1.29 is 13.9 Å². The van der Waals surface area contributed by atoms with E-state index in [2.05, 4.69) is 10.1 Å². The molecule has 0 radical (unpaired) electrons. The number of carbonyl (C=O) groups is 1. The standard InChI is InChI=1S/C12H14FNO2/c1-16-12(15)10-4-2-3-9(11(10)13)8-5-6-14-7-8/h2-4,8,14H,5-7H2,1H3. The van der Waals surface area contributed by atoms with Gasteiger partial charge in [-0.3, -0.25) is 0 Å². The lowest BCUT2D eigenvalue weighted by Crippen LogP contribution is -2.11. The monoisotopic (exact) mass is 223 g/mol. The van der Waals surface area contributed by atoms with Gasteiger partial charge in [-0.1, -0.05) is 12.1 Å². The summed E-state index contributed by atoms with van der Waals surface area (Å²) in [6.07, 6.45) is 0.904. The lowest BCUT2D eigenvalue weighted by molar-refractivity contribution is 0.0595. The van der Waals surface area contributed by atoms with Crippen molar-refractivity contribution in [3.63, 3.8) is 0 Å². The number of ether oxygens (including phenoxy) is 1. The summed E-state index contributed by atoms with van der Waals surface area (Å²) in [5.74, 6) is -0.905. The van der Waals surface area contributed by atoms with Crippen LogP contribution in [0.3, 0.4) is 0 Å². The molecule has 1 aliphatic rings. The summed E-state index contributed by atoms with van der Waals surface area (Å²) in [5, 5.41) is 3.18. The van der Waals surface area contributed by atoms with E-state index in [-0.39, 0.29) is 11.5 Å². The second kappa shape index (κ2) is 4.61. The number of methoxy groups -OCH3 is 1. The maximum absolute atomic E-state index is 14.0. The van der Waals surface area contributed by atoms with E-state index in [0.29, 0.717) is 5.56 Å². The molecule has 16 heavy (non-hydrogen) atoms. The average Bonchev–Trinajstić information content (AvgIpc) is 2.82. The molecule has 1 heterocycles. The Hall–Kier alpha value is -1.42. The topological polar surface area (TPSA) is 38.3 Å². The molecule has 0 saturated carbocycles. The highest BCUT2D eigenvalue weighted by Crippen LogP contribution is 2.26. The SMILES string of the molecule is COC(=O)c1cccc(C2CCNC2)c1F. The Morgan fingerprint density at radius 2 is 2.38 bits per heavy atom. The van der Waals surface area contributed by atoms with Crippen LogP contribution in [0.4, 0.5) is 4.39 Å². The first-order valence-electron chi connectivity index (χ1n) is 5.31. The molecule has 0 spiro atoms. The van der Waals surface area contributed by atoms with Gasteiger partial charge in [0.15, 0.2) is 0 Å². The number of benzene rings is 1. The van der Waals surface area contributed by atoms with Gasteiger partial charge in [0.2, 0.25) is 0 Å². The molecule has 1 atom stereocenters. The summed E-state index contributed by atoms with van der Waals surface area (Å²) in [6.45, 7) is 1.66. The molecule has 2 rings (SSSR count). The molecule has 86 valence electrons. The first-order chi connectivity index (χ1) is 7.74. The molecule has 1 aliphatic heterocycles. The summed E-state index contributed by atoms with van der Waals surface area (Å²) < 4.78 is 18.6. The molecule has 4 heteroatoms. The van der Waals surface area contributed by atoms with Crippen molar-refractivity contribution in [2.24, 2.45) is 0 Å². The third kappa shape index (κ3) is 1.93. The lowest BCUT2D eigenvalue weighted by atomic mass is 9.96. The first kappa shape index (κ1) is 11.1. The molecule has 1 aromatic carbocycles. The van der Waals surface area contributed by atoms with Crippen molar-refractivity contribution in [3.8, 4) is 0 Å². The molecule has 0 aromatic heterocycles. The summed E-state index contributed by atoms with van der Waals surface area (Å²) in [7, 11) is 1.26. The van der Waals surface area contributed by atoms with E-state index in [0.717, 1.165) is 19.5 Å². The van der Waals surface area contributed by atoms with Gasteiger partial charge in [0.1, 0.15) is 5.82 Å². The van der Waals surface area contributed by atoms with Gasteiger partial charge in [0.25, 0.3) is 0 Å². The zero-order chi connectivity index (χ0) is 11.5. The second-order valence-electron chi connectivity index (χ2n) is 3.89. The Morgan fingerprint density at radius 3 is 3.00 bits per heavy atom. The minimum absolute atomic E-state index is 0.0203. The summed E-state index contributed by atoms with van der Waals surface area (Å²) in [5.41, 5.74) is 0.625. The van der Waals surface area contributed by atoms with Crippen LogP contribution in [-0.2, 0) is 4.74 Å². The predicted octanol–water partition coefficient (Wildman–Crippen LogP) is 1.69. The van der Waals surface area contributed by atoms with Crippen LogP contribution < -0.4 is 5.32 Å². The lowest BCUT2D eigenvalue weighted by Gasteiger charge is -2.11. The van der Waals surface area contributed by atoms with Gasteiger partial charge in [-0.15, -0.1) is 0 Å². The van der Waals surface area contributed by atoms with Crippen LogP contribution in [-0.4, -0.2) is 26.2 Å². The van der Waals surface area contributed by atoms with Gasteiger partial charge < -0.3 is 10.1 Å². The highest BCUT2D eigenvalue weighted by Gasteiger charge is 2.23. The molecule has 1 unspecified atom stereocenters. The Kier molecular flexibility index (Phi) is 3.19. The normalized spacial score (nSPS) is 19.8. The highest BCUT2D eigenvalue weighted by atomic mass is 19.1. The predicted molar refractivity (Wildman–Crippen MR) is 58.0 cm³/mol. The molecule has 1 fully saturated rings. The van der Waals surface area contributed by atoms with Gasteiger partial charge in [0.05, 0.1) is 12.7 Å². The van der Waals surface area contributed by atoms with Crippen molar-refractivity contribution in [3.05, 3.63) is 35.1 Å². The van der Waals surface area contributed by atoms with E-state index in [1.165, 1.54) is 13.2 Å². The van der Waals surface area contributed by atoms with Crippen LogP contribution in [0.1, 0.15) is 28.3 Å². The fraction of sp³-hybridized carbons (Fsp3) is 0.417. The third-order valence-electron chi connectivity index (χ3n) is 2.93. The van der Waals surface area contributed by atoms with E-state index in [9.17, 15) is 9.18 Å². The number of carbonyl (C=O) groups excluding carboxylic acids is 1. The molecule has 0 aliphatic carbocycles. The van der Waals surface area contributed by atoms with Crippen molar-refractivity contribution in [2.45, 2.75) is 12.3 Å². The number of halogens is 1. The second-order valence-corrected chi connectivity index (χ2v) is 3.89. The quantitative estimate of drug-likeness (QED) is 0.775. The fourth-order valence-corrected chi connectivity index (χ4v) is 2.05. The largest absolute Gasteiger partial charge is 0.465 e. The molecule has 0 bridgehead atoms. The molecule has 3 nitrogen and oxygen atoms in total. The number of esters is 1. The minimum atomic E-state index is -0.620. The van der Waals surface area contributed by atoms with Gasteiger partial charge in [-0.2, -0.15) is 0 Å². The first-order valence-corrected chi connectivity index (χ1v) is 5.31. The van der Waals surface area contributed by atoms with Crippen LogP contribution >= 0.6 is 0 Å². The van der Waals surface area contributed by atoms with E-state index in [1.807, 2.05) is 0 Å². The smallest absolute Gasteiger partial charge is 0.340 e.